The second-order valence-corrected chi connectivity index (χ2v) is 15.3. The predicted octanol–water partition coefficient (Wildman–Crippen LogP) is 6.65. The molecule has 1 spiro atoms. The van der Waals surface area contributed by atoms with Crippen molar-refractivity contribution in [2.45, 2.75) is 83.2 Å². The van der Waals surface area contributed by atoms with E-state index in [-0.39, 0.29) is 37.0 Å². The molecule has 4 aliphatic rings. The fraction of sp³-hybridized carbons (Fsp3) is 0.333. The molecular formula is C42H40N6O6. The Labute approximate surface area is 310 Å². The number of aromatic nitrogens is 3. The molecule has 54 heavy (non-hydrogen) atoms. The number of nitrogens with zero attached hydrogens (tertiary/aromatic N) is 2. The van der Waals surface area contributed by atoms with Gasteiger partial charge in [-0.1, -0.05) is 70.2 Å². The monoisotopic (exact) mass is 724 g/mol. The molecule has 4 atom stereocenters. The van der Waals surface area contributed by atoms with Gasteiger partial charge in [-0.05, 0) is 48.4 Å². The molecule has 4 aliphatic heterocycles. The molecule has 10 rings (SSSR count). The Hall–Kier alpha value is -5.88. The van der Waals surface area contributed by atoms with Crippen molar-refractivity contribution in [2.24, 2.45) is 5.92 Å². The van der Waals surface area contributed by atoms with Crippen LogP contribution in [0.2, 0.25) is 0 Å². The van der Waals surface area contributed by atoms with Crippen molar-refractivity contribution in [1.82, 2.24) is 25.6 Å². The van der Waals surface area contributed by atoms with Crippen molar-refractivity contribution < 1.29 is 28.3 Å². The maximum absolute atomic E-state index is 14.3. The van der Waals surface area contributed by atoms with E-state index in [1.54, 1.807) is 20.0 Å². The number of aliphatic hydroxyl groups is 1. The molecule has 2 amide bonds. The predicted molar refractivity (Wildman–Crippen MR) is 201 cm³/mol. The van der Waals surface area contributed by atoms with E-state index in [9.17, 15) is 14.7 Å². The number of amides is 2. The molecule has 3 aromatic carbocycles. The number of rotatable bonds is 5. The molecule has 12 nitrogen and oxygen atoms in total. The third kappa shape index (κ3) is 4.28. The van der Waals surface area contributed by atoms with Crippen LogP contribution < -0.4 is 20.7 Å². The molecule has 0 saturated carbocycles. The smallest absolute Gasteiger partial charge is 0.252 e. The topological polar surface area (TPSA) is 168 Å². The van der Waals surface area contributed by atoms with Crippen LogP contribution in [0.3, 0.4) is 0 Å². The van der Waals surface area contributed by atoms with Gasteiger partial charge in [0.1, 0.15) is 28.8 Å². The lowest BCUT2D eigenvalue weighted by atomic mass is 9.72. The number of para-hydroxylation sites is 1. The van der Waals surface area contributed by atoms with Gasteiger partial charge in [0.25, 0.3) is 5.91 Å². The van der Waals surface area contributed by atoms with Gasteiger partial charge in [-0.15, -0.1) is 0 Å². The van der Waals surface area contributed by atoms with Crippen LogP contribution in [0.4, 0.5) is 5.69 Å². The first kappa shape index (κ1) is 32.7. The fourth-order valence-corrected chi connectivity index (χ4v) is 8.93. The molecule has 0 fully saturated rings. The Balaban J connectivity index is 1.27. The van der Waals surface area contributed by atoms with E-state index in [0.29, 0.717) is 23.0 Å². The van der Waals surface area contributed by atoms with Crippen LogP contribution >= 0.6 is 0 Å². The normalized spacial score (nSPS) is 21.8. The van der Waals surface area contributed by atoms with Crippen molar-refractivity contribution in [2.75, 3.05) is 5.32 Å². The van der Waals surface area contributed by atoms with Crippen molar-refractivity contribution in [3.63, 3.8) is 0 Å². The summed E-state index contributed by atoms with van der Waals surface area (Å²) in [6, 6.07) is 14.7. The average Bonchev–Trinajstić information content (AvgIpc) is 3.99. The molecule has 10 bridgehead atoms. The molecule has 5 N–H and O–H groups in total. The lowest BCUT2D eigenvalue weighted by molar-refractivity contribution is -0.143. The number of oxazole rings is 2. The van der Waals surface area contributed by atoms with Crippen LogP contribution in [-0.4, -0.2) is 49.7 Å². The molecule has 0 radical (unpaired) electrons. The van der Waals surface area contributed by atoms with Crippen molar-refractivity contribution in [3.05, 3.63) is 94.8 Å². The van der Waals surface area contributed by atoms with Gasteiger partial charge >= 0.3 is 0 Å². The van der Waals surface area contributed by atoms with E-state index in [1.165, 1.54) is 0 Å². The van der Waals surface area contributed by atoms with E-state index >= 15 is 0 Å². The van der Waals surface area contributed by atoms with E-state index in [2.05, 4.69) is 58.2 Å². The average molecular weight is 725 g/mol. The summed E-state index contributed by atoms with van der Waals surface area (Å²) in [4.78, 5) is 41.3. The van der Waals surface area contributed by atoms with Crippen molar-refractivity contribution in [1.29, 1.82) is 0 Å². The van der Waals surface area contributed by atoms with Gasteiger partial charge in [-0.25, -0.2) is 9.97 Å². The number of carbonyl (C=O) groups excluding carboxylic acids is 2. The first-order chi connectivity index (χ1) is 26.0. The first-order valence-electron chi connectivity index (χ1n) is 18.7. The Morgan fingerprint density at radius 1 is 1.06 bits per heavy atom. The Morgan fingerprint density at radius 3 is 2.69 bits per heavy atom. The highest BCUT2D eigenvalue weighted by Crippen LogP contribution is 2.61. The Bertz CT molecular complexity index is 2560. The zero-order valence-electron chi connectivity index (χ0n) is 30.6. The minimum atomic E-state index is -1.62. The molecule has 3 aromatic heterocycles. The van der Waals surface area contributed by atoms with Crippen LogP contribution in [0.25, 0.3) is 44.9 Å². The number of ether oxygens (including phenoxy) is 1. The zero-order valence-corrected chi connectivity index (χ0v) is 30.6. The van der Waals surface area contributed by atoms with Gasteiger partial charge in [0.15, 0.2) is 23.4 Å². The minimum absolute atomic E-state index is 0.167. The van der Waals surface area contributed by atoms with Crippen LogP contribution in [0.1, 0.15) is 80.5 Å². The third-order valence-electron chi connectivity index (χ3n) is 12.1. The quantitative estimate of drug-likeness (QED) is 0.131. The van der Waals surface area contributed by atoms with Gasteiger partial charge in [0.05, 0.1) is 6.20 Å². The second-order valence-electron chi connectivity index (χ2n) is 15.3. The number of nitrogens with one attached hydrogen (secondary N) is 4. The molecule has 12 heteroatoms. The summed E-state index contributed by atoms with van der Waals surface area (Å²) in [5, 5.41) is 22.0. The van der Waals surface area contributed by atoms with Crippen molar-refractivity contribution >= 4 is 28.4 Å². The summed E-state index contributed by atoms with van der Waals surface area (Å²) in [6.07, 6.45) is 3.61. The summed E-state index contributed by atoms with van der Waals surface area (Å²) < 4.78 is 20.5. The number of aryl methyl sites for hydroxylation is 1. The van der Waals surface area contributed by atoms with Crippen LogP contribution in [-0.2, 0) is 21.4 Å². The van der Waals surface area contributed by atoms with Gasteiger partial charge in [-0.2, -0.15) is 0 Å². The van der Waals surface area contributed by atoms with Crippen LogP contribution in [0.5, 0.6) is 5.75 Å². The Kier molecular flexibility index (Phi) is 6.86. The largest absolute Gasteiger partial charge is 0.469 e. The number of hydrogen-bond acceptors (Lipinski definition) is 9. The summed E-state index contributed by atoms with van der Waals surface area (Å²) in [6.45, 7) is 9.54. The SMILES string of the molecule is CCC(O)(CC)C(=O)NC1Cc2ccc3c(c2)C24c5cccc(c5NC2O3)-c2ccc(C)c3[nH]cc(c23)-c2cnc(o2)-c2nc(oc24)C(C(C)C)NC1=O. The maximum Gasteiger partial charge on any atom is 0.252 e. The fourth-order valence-electron chi connectivity index (χ4n) is 8.93. The molecule has 0 saturated heterocycles. The lowest BCUT2D eigenvalue weighted by Gasteiger charge is -2.30. The molecule has 4 unspecified atom stereocenters. The number of carbonyl (C=O) groups is 2. The van der Waals surface area contributed by atoms with E-state index < -0.39 is 41.1 Å². The van der Waals surface area contributed by atoms with Gasteiger partial charge < -0.3 is 39.6 Å². The molecule has 7 heterocycles. The standard InChI is InChI=1S/C42H40N6O6/c1-6-41(51,7-2)39(50)45-27-16-21-12-14-28-26(15-21)42-25-10-8-9-23(33(25)48-40(42)53-28)22-13-11-20(5)32-30(22)24(17-43-32)29-18-44-37(52-29)34-35(42)54-38(47-34)31(19(3)4)46-36(27)49/h8-15,17-19,27,31,40,43,48,51H,6-7,16H2,1-5H3,(H,45,50)(H,46,49). The van der Waals surface area contributed by atoms with E-state index in [0.717, 1.165) is 55.5 Å². The number of benzene rings is 3. The maximum atomic E-state index is 14.3. The highest BCUT2D eigenvalue weighted by Gasteiger charge is 2.61. The highest BCUT2D eigenvalue weighted by molar-refractivity contribution is 6.08. The summed E-state index contributed by atoms with van der Waals surface area (Å²) in [5.74, 6) is 1.06. The minimum Gasteiger partial charge on any atom is -0.469 e. The van der Waals surface area contributed by atoms with E-state index in [4.69, 9.17) is 23.5 Å². The molecular weight excluding hydrogens is 684 g/mol. The number of H-pyrrole nitrogens is 1. The Morgan fingerprint density at radius 2 is 1.89 bits per heavy atom. The lowest BCUT2D eigenvalue weighted by Crippen LogP contribution is -2.55. The van der Waals surface area contributed by atoms with Crippen LogP contribution in [0.15, 0.2) is 69.8 Å². The number of hydrogen-bond donors (Lipinski definition) is 5. The molecule has 0 aliphatic carbocycles. The van der Waals surface area contributed by atoms with Gasteiger partial charge in [0, 0.05) is 51.5 Å². The molecule has 6 aromatic rings. The van der Waals surface area contributed by atoms with E-state index in [1.807, 2.05) is 38.2 Å². The number of aromatic amines is 1. The highest BCUT2D eigenvalue weighted by atomic mass is 16.5. The second kappa shape index (κ2) is 11.3. The summed E-state index contributed by atoms with van der Waals surface area (Å²) in [5.41, 5.74) is 6.17. The third-order valence-corrected chi connectivity index (χ3v) is 12.1. The number of fused-ring (bicyclic) bond motifs is 7. The van der Waals surface area contributed by atoms with Gasteiger partial charge in [-0.3, -0.25) is 9.59 Å². The number of anilines is 1. The molecule has 274 valence electrons. The van der Waals surface area contributed by atoms with Crippen molar-refractivity contribution in [3.8, 4) is 39.8 Å². The van der Waals surface area contributed by atoms with Gasteiger partial charge in [0.2, 0.25) is 17.7 Å². The first-order valence-corrected chi connectivity index (χ1v) is 18.7. The summed E-state index contributed by atoms with van der Waals surface area (Å²) in [7, 11) is 0. The summed E-state index contributed by atoms with van der Waals surface area (Å²) >= 11 is 0. The van der Waals surface area contributed by atoms with Crippen LogP contribution in [0, 0.1) is 12.8 Å². The zero-order chi connectivity index (χ0) is 37.3.